The van der Waals surface area contributed by atoms with E-state index in [0.717, 1.165) is 19.6 Å². The average molecular weight is 233 g/mol. The molecular formula is C14H19NO2. The van der Waals surface area contributed by atoms with Gasteiger partial charge in [-0.3, -0.25) is 4.90 Å². The fraction of sp³-hybridized carbons (Fsp3) is 0.357. The number of ether oxygens (including phenoxy) is 1. The van der Waals surface area contributed by atoms with Crippen LogP contribution in [0.2, 0.25) is 0 Å². The largest absolute Gasteiger partial charge is 0.461 e. The van der Waals surface area contributed by atoms with Crippen LogP contribution in [0.3, 0.4) is 0 Å². The Bertz CT molecular complexity index is 348. The van der Waals surface area contributed by atoms with Gasteiger partial charge in [-0.05, 0) is 12.1 Å². The van der Waals surface area contributed by atoms with Gasteiger partial charge in [0.05, 0.1) is 0 Å². The van der Waals surface area contributed by atoms with Crippen LogP contribution in [0.1, 0.15) is 12.5 Å². The summed E-state index contributed by atoms with van der Waals surface area (Å²) in [6, 6.07) is 10.3. The molecule has 3 nitrogen and oxygen atoms in total. The van der Waals surface area contributed by atoms with E-state index in [-0.39, 0.29) is 5.97 Å². The third-order valence-corrected chi connectivity index (χ3v) is 2.51. The van der Waals surface area contributed by atoms with Gasteiger partial charge in [0.1, 0.15) is 6.61 Å². The molecule has 0 amide bonds. The molecule has 0 radical (unpaired) electrons. The zero-order valence-corrected chi connectivity index (χ0v) is 10.3. The molecule has 0 saturated heterocycles. The van der Waals surface area contributed by atoms with E-state index >= 15 is 0 Å². The van der Waals surface area contributed by atoms with E-state index in [4.69, 9.17) is 4.74 Å². The Balaban J connectivity index is 2.34. The van der Waals surface area contributed by atoms with Gasteiger partial charge in [-0.25, -0.2) is 4.79 Å². The first-order chi connectivity index (χ1) is 8.26. The molecule has 0 bridgehead atoms. The summed E-state index contributed by atoms with van der Waals surface area (Å²) in [6.07, 6.45) is 1.19. The van der Waals surface area contributed by atoms with Gasteiger partial charge in [-0.2, -0.15) is 0 Å². The van der Waals surface area contributed by atoms with Crippen molar-refractivity contribution in [2.75, 3.05) is 19.7 Å². The van der Waals surface area contributed by atoms with E-state index in [0.29, 0.717) is 6.61 Å². The molecule has 0 spiro atoms. The fourth-order valence-corrected chi connectivity index (χ4v) is 1.52. The second kappa shape index (κ2) is 7.63. The lowest BCUT2D eigenvalue weighted by molar-refractivity contribution is -0.138. The van der Waals surface area contributed by atoms with Gasteiger partial charge in [-0.15, -0.1) is 0 Å². The Morgan fingerprint density at radius 2 is 2.12 bits per heavy atom. The van der Waals surface area contributed by atoms with Crippen molar-refractivity contribution in [1.29, 1.82) is 0 Å². The molecule has 17 heavy (non-hydrogen) atoms. The predicted molar refractivity (Wildman–Crippen MR) is 68.5 cm³/mol. The van der Waals surface area contributed by atoms with Crippen molar-refractivity contribution >= 4 is 5.97 Å². The lowest BCUT2D eigenvalue weighted by atomic mass is 10.2. The van der Waals surface area contributed by atoms with Crippen LogP contribution in [-0.2, 0) is 16.1 Å². The lowest BCUT2D eigenvalue weighted by Gasteiger charge is -2.19. The van der Waals surface area contributed by atoms with Gasteiger partial charge >= 0.3 is 5.97 Å². The molecule has 0 aromatic heterocycles. The van der Waals surface area contributed by atoms with E-state index < -0.39 is 0 Å². The van der Waals surface area contributed by atoms with Gasteiger partial charge < -0.3 is 4.74 Å². The molecule has 0 aliphatic heterocycles. The Morgan fingerprint density at radius 1 is 1.41 bits per heavy atom. The van der Waals surface area contributed by atoms with E-state index in [9.17, 15) is 4.79 Å². The fourth-order valence-electron chi connectivity index (χ4n) is 1.52. The van der Waals surface area contributed by atoms with Crippen LogP contribution in [0, 0.1) is 0 Å². The SMILES string of the molecule is C=CC(=O)OCCN(CC)Cc1ccccc1. The summed E-state index contributed by atoms with van der Waals surface area (Å²) in [5.74, 6) is -0.360. The average Bonchev–Trinajstić information content (AvgIpc) is 2.38. The molecule has 1 rings (SSSR count). The second-order valence-electron chi connectivity index (χ2n) is 3.73. The maximum Gasteiger partial charge on any atom is 0.330 e. The van der Waals surface area contributed by atoms with Gasteiger partial charge in [0.2, 0.25) is 0 Å². The molecule has 0 N–H and O–H groups in total. The lowest BCUT2D eigenvalue weighted by Crippen LogP contribution is -2.27. The quantitative estimate of drug-likeness (QED) is 0.534. The minimum absolute atomic E-state index is 0.360. The molecule has 0 fully saturated rings. The molecule has 3 heteroatoms. The van der Waals surface area contributed by atoms with Crippen molar-refractivity contribution in [1.82, 2.24) is 4.90 Å². The van der Waals surface area contributed by atoms with E-state index in [1.807, 2.05) is 18.2 Å². The first kappa shape index (κ1) is 13.5. The van der Waals surface area contributed by atoms with Gasteiger partial charge in [-0.1, -0.05) is 43.8 Å². The first-order valence-electron chi connectivity index (χ1n) is 5.81. The molecule has 0 unspecified atom stereocenters. The molecule has 0 aliphatic carbocycles. The summed E-state index contributed by atoms with van der Waals surface area (Å²) >= 11 is 0. The molecule has 0 heterocycles. The van der Waals surface area contributed by atoms with Crippen LogP contribution >= 0.6 is 0 Å². The molecule has 92 valence electrons. The Labute approximate surface area is 103 Å². The van der Waals surface area contributed by atoms with Crippen molar-refractivity contribution in [3.05, 3.63) is 48.6 Å². The number of hydrogen-bond acceptors (Lipinski definition) is 3. The summed E-state index contributed by atoms with van der Waals surface area (Å²) < 4.78 is 4.96. The Hall–Kier alpha value is -1.61. The van der Waals surface area contributed by atoms with Crippen LogP contribution in [0.4, 0.5) is 0 Å². The topological polar surface area (TPSA) is 29.5 Å². The second-order valence-corrected chi connectivity index (χ2v) is 3.73. The highest BCUT2D eigenvalue weighted by Gasteiger charge is 2.04. The van der Waals surface area contributed by atoms with Crippen LogP contribution in [0.5, 0.6) is 0 Å². The number of rotatable bonds is 7. The van der Waals surface area contributed by atoms with E-state index in [1.165, 1.54) is 11.6 Å². The number of benzene rings is 1. The molecule has 1 aromatic carbocycles. The highest BCUT2D eigenvalue weighted by atomic mass is 16.5. The number of likely N-dealkylation sites (N-methyl/N-ethyl adjacent to an activating group) is 1. The van der Waals surface area contributed by atoms with Crippen molar-refractivity contribution in [3.63, 3.8) is 0 Å². The Morgan fingerprint density at radius 3 is 2.71 bits per heavy atom. The van der Waals surface area contributed by atoms with Crippen LogP contribution in [-0.4, -0.2) is 30.6 Å². The van der Waals surface area contributed by atoms with Gasteiger partial charge in [0.15, 0.2) is 0 Å². The maximum atomic E-state index is 10.9. The molecular weight excluding hydrogens is 214 g/mol. The normalized spacial score (nSPS) is 10.2. The molecule has 1 aromatic rings. The third kappa shape index (κ3) is 5.31. The highest BCUT2D eigenvalue weighted by Crippen LogP contribution is 2.03. The zero-order valence-electron chi connectivity index (χ0n) is 10.3. The standard InChI is InChI=1S/C14H19NO2/c1-3-14(16)17-11-10-15(4-2)12-13-8-6-5-7-9-13/h3,5-9H,1,4,10-12H2,2H3. The van der Waals surface area contributed by atoms with Crippen molar-refractivity contribution in [2.45, 2.75) is 13.5 Å². The zero-order chi connectivity index (χ0) is 12.5. The number of carbonyl (C=O) groups is 1. The van der Waals surface area contributed by atoms with E-state index in [2.05, 4.69) is 30.5 Å². The minimum atomic E-state index is -0.360. The van der Waals surface area contributed by atoms with Crippen molar-refractivity contribution < 1.29 is 9.53 Å². The smallest absolute Gasteiger partial charge is 0.330 e. The number of esters is 1. The summed E-state index contributed by atoms with van der Waals surface area (Å²) in [6.45, 7) is 8.41. The molecule has 0 aliphatic rings. The monoisotopic (exact) mass is 233 g/mol. The molecule has 0 atom stereocenters. The van der Waals surface area contributed by atoms with Gasteiger partial charge in [0.25, 0.3) is 0 Å². The van der Waals surface area contributed by atoms with Crippen molar-refractivity contribution in [2.24, 2.45) is 0 Å². The minimum Gasteiger partial charge on any atom is -0.461 e. The van der Waals surface area contributed by atoms with Crippen LogP contribution in [0.15, 0.2) is 43.0 Å². The number of carbonyl (C=O) groups excluding carboxylic acids is 1. The summed E-state index contributed by atoms with van der Waals surface area (Å²) in [7, 11) is 0. The van der Waals surface area contributed by atoms with E-state index in [1.54, 1.807) is 0 Å². The summed E-state index contributed by atoms with van der Waals surface area (Å²) in [4.78, 5) is 13.1. The Kier molecular flexibility index (Phi) is 6.04. The maximum absolute atomic E-state index is 10.9. The van der Waals surface area contributed by atoms with Crippen LogP contribution in [0.25, 0.3) is 0 Å². The van der Waals surface area contributed by atoms with Crippen LogP contribution < -0.4 is 0 Å². The summed E-state index contributed by atoms with van der Waals surface area (Å²) in [5.41, 5.74) is 1.27. The van der Waals surface area contributed by atoms with Gasteiger partial charge in [0, 0.05) is 19.2 Å². The first-order valence-corrected chi connectivity index (χ1v) is 5.81. The third-order valence-electron chi connectivity index (χ3n) is 2.51. The predicted octanol–water partition coefficient (Wildman–Crippen LogP) is 2.24. The number of nitrogens with zero attached hydrogens (tertiary/aromatic N) is 1. The summed E-state index contributed by atoms with van der Waals surface area (Å²) in [5, 5.41) is 0. The molecule has 0 saturated carbocycles. The highest BCUT2D eigenvalue weighted by molar-refractivity contribution is 5.81. The van der Waals surface area contributed by atoms with Crippen molar-refractivity contribution in [3.8, 4) is 0 Å². The number of hydrogen-bond donors (Lipinski definition) is 0.